The zero-order chi connectivity index (χ0) is 8.83. The van der Waals surface area contributed by atoms with Crippen LogP contribution in [0.5, 0.6) is 0 Å². The lowest BCUT2D eigenvalue weighted by atomic mass is 10.6. The summed E-state index contributed by atoms with van der Waals surface area (Å²) in [5.41, 5.74) is 0. The quantitative estimate of drug-likeness (QED) is 0.308. The molecule has 0 aromatic carbocycles. The molecule has 54 valence electrons. The van der Waals surface area contributed by atoms with Crippen LogP contribution in [0.15, 0.2) is 51.1 Å². The number of nitriles is 1. The molecule has 0 amide bonds. The average Bonchev–Trinajstić information content (AvgIpc) is 2.08. The molecule has 0 rings (SSSR count). The highest BCUT2D eigenvalue weighted by molar-refractivity contribution is 4.93. The van der Waals surface area contributed by atoms with Gasteiger partial charge in [-0.1, -0.05) is 31.9 Å². The number of nitrogens with zero attached hydrogens (tertiary/aromatic N) is 1. The summed E-state index contributed by atoms with van der Waals surface area (Å²) in [7, 11) is 0. The number of rotatable bonds is 1. The lowest BCUT2D eigenvalue weighted by molar-refractivity contribution is 1.54. The summed E-state index contributed by atoms with van der Waals surface area (Å²) in [4.78, 5) is 0. The molecule has 1 nitrogen and oxygen atoms in total. The standard InChI is InChI=1S/C4H6.C3H3N.C2H4/c1-3-4-2;1-2-3-4;1-2/h3-4H,1-2H2;2H,1H2;1-2H2. The van der Waals surface area contributed by atoms with E-state index in [0.29, 0.717) is 0 Å². The van der Waals surface area contributed by atoms with Gasteiger partial charge in [-0.2, -0.15) is 5.26 Å². The zero-order valence-electron chi connectivity index (χ0n) is 6.21. The van der Waals surface area contributed by atoms with Crippen molar-refractivity contribution in [3.8, 4) is 6.07 Å². The summed E-state index contributed by atoms with van der Waals surface area (Å²) in [5.74, 6) is 0. The number of allylic oxidation sites excluding steroid dienone is 3. The summed E-state index contributed by atoms with van der Waals surface area (Å²) in [6.07, 6.45) is 4.46. The van der Waals surface area contributed by atoms with E-state index in [1.165, 1.54) is 6.08 Å². The topological polar surface area (TPSA) is 23.8 Å². The van der Waals surface area contributed by atoms with Gasteiger partial charge in [0.05, 0.1) is 6.07 Å². The summed E-state index contributed by atoms with van der Waals surface area (Å²) < 4.78 is 0. The lowest BCUT2D eigenvalue weighted by Gasteiger charge is -1.44. The highest BCUT2D eigenvalue weighted by atomic mass is 14.2. The molecule has 0 atom stereocenters. The van der Waals surface area contributed by atoms with Gasteiger partial charge in [-0.25, -0.2) is 0 Å². The van der Waals surface area contributed by atoms with Gasteiger partial charge in [0.1, 0.15) is 0 Å². The Hall–Kier alpha value is -1.55. The highest BCUT2D eigenvalue weighted by Crippen LogP contribution is 1.52. The van der Waals surface area contributed by atoms with Crippen molar-refractivity contribution in [2.45, 2.75) is 0 Å². The fraction of sp³-hybridized carbons (Fsp3) is 0. The molecule has 0 N–H and O–H groups in total. The van der Waals surface area contributed by atoms with E-state index in [1.807, 2.05) is 0 Å². The Morgan fingerprint density at radius 1 is 1.00 bits per heavy atom. The molecule has 0 aromatic rings. The molecule has 0 saturated carbocycles. The van der Waals surface area contributed by atoms with Crippen LogP contribution in [0.3, 0.4) is 0 Å². The van der Waals surface area contributed by atoms with Gasteiger partial charge in [0, 0.05) is 6.08 Å². The maximum absolute atomic E-state index is 7.51. The second-order valence-electron chi connectivity index (χ2n) is 0.805. The van der Waals surface area contributed by atoms with Gasteiger partial charge in [0.15, 0.2) is 0 Å². The van der Waals surface area contributed by atoms with Gasteiger partial charge in [-0.15, -0.1) is 13.2 Å². The SMILES string of the molecule is C=C.C=CC#N.C=CC=C. The molecule has 0 aromatic heterocycles. The second kappa shape index (κ2) is 51.6. The van der Waals surface area contributed by atoms with Gasteiger partial charge < -0.3 is 0 Å². The van der Waals surface area contributed by atoms with E-state index in [0.717, 1.165) is 0 Å². The Bertz CT molecular complexity index is 111. The Labute approximate surface area is 63.3 Å². The predicted octanol–water partition coefficient (Wildman–Crippen LogP) is 2.86. The van der Waals surface area contributed by atoms with Gasteiger partial charge in [-0.05, 0) is 0 Å². The lowest BCUT2D eigenvalue weighted by Crippen LogP contribution is -1.23. The zero-order valence-corrected chi connectivity index (χ0v) is 6.21. The molecule has 1 heteroatoms. The molecule has 0 unspecified atom stereocenters. The first-order chi connectivity index (χ1) is 4.83. The Morgan fingerprint density at radius 2 is 1.20 bits per heavy atom. The molecule has 0 fully saturated rings. The van der Waals surface area contributed by atoms with Crippen LogP contribution in [0.25, 0.3) is 0 Å². The highest BCUT2D eigenvalue weighted by Gasteiger charge is 1.34. The van der Waals surface area contributed by atoms with E-state index in [1.54, 1.807) is 18.2 Å². The molecular formula is C9H13N. The number of hydrogen-bond acceptors (Lipinski definition) is 1. The minimum atomic E-state index is 1.18. The van der Waals surface area contributed by atoms with Crippen LogP contribution in [-0.2, 0) is 0 Å². The van der Waals surface area contributed by atoms with E-state index in [9.17, 15) is 0 Å². The third-order valence-corrected chi connectivity index (χ3v) is 0.258. The van der Waals surface area contributed by atoms with Crippen molar-refractivity contribution in [1.29, 1.82) is 5.26 Å². The smallest absolute Gasteiger partial charge is 0.0905 e. The van der Waals surface area contributed by atoms with E-state index in [2.05, 4.69) is 32.9 Å². The third-order valence-electron chi connectivity index (χ3n) is 0.258. The van der Waals surface area contributed by atoms with Gasteiger partial charge in [0.25, 0.3) is 0 Å². The van der Waals surface area contributed by atoms with Crippen LogP contribution in [-0.4, -0.2) is 0 Å². The molecule has 0 aliphatic rings. The van der Waals surface area contributed by atoms with Gasteiger partial charge >= 0.3 is 0 Å². The van der Waals surface area contributed by atoms with Crippen molar-refractivity contribution in [1.82, 2.24) is 0 Å². The van der Waals surface area contributed by atoms with Crippen LogP contribution in [0, 0.1) is 11.3 Å². The molecule has 10 heavy (non-hydrogen) atoms. The monoisotopic (exact) mass is 135 g/mol. The Balaban J connectivity index is -0.0000000787. The van der Waals surface area contributed by atoms with E-state index >= 15 is 0 Å². The van der Waals surface area contributed by atoms with Crippen molar-refractivity contribution in [2.24, 2.45) is 0 Å². The van der Waals surface area contributed by atoms with E-state index < -0.39 is 0 Å². The maximum Gasteiger partial charge on any atom is 0.0905 e. The summed E-state index contributed by atoms with van der Waals surface area (Å²) in [5, 5.41) is 7.51. The van der Waals surface area contributed by atoms with Crippen molar-refractivity contribution in [3.05, 3.63) is 51.1 Å². The van der Waals surface area contributed by atoms with Crippen LogP contribution < -0.4 is 0 Å². The predicted molar refractivity (Wildman–Crippen MR) is 47.5 cm³/mol. The van der Waals surface area contributed by atoms with Crippen molar-refractivity contribution < 1.29 is 0 Å². The Morgan fingerprint density at radius 3 is 1.20 bits per heavy atom. The Kier molecular flexibility index (Phi) is 81.5. The van der Waals surface area contributed by atoms with Crippen molar-refractivity contribution >= 4 is 0 Å². The molecule has 0 heterocycles. The first-order valence-electron chi connectivity index (χ1n) is 2.57. The van der Waals surface area contributed by atoms with Gasteiger partial charge in [0.2, 0.25) is 0 Å². The molecule has 0 bridgehead atoms. The maximum atomic E-state index is 7.51. The fourth-order valence-electron chi connectivity index (χ4n) is 0. The summed E-state index contributed by atoms with van der Waals surface area (Å²) in [6, 6.07) is 1.69. The molecule has 0 radical (unpaired) electrons. The van der Waals surface area contributed by atoms with Crippen LogP contribution in [0.1, 0.15) is 0 Å². The van der Waals surface area contributed by atoms with E-state index in [-0.39, 0.29) is 0 Å². The van der Waals surface area contributed by atoms with E-state index in [4.69, 9.17) is 5.26 Å². The minimum Gasteiger partial charge on any atom is -0.193 e. The molecule has 0 aliphatic carbocycles. The average molecular weight is 135 g/mol. The molecule has 0 aliphatic heterocycles. The van der Waals surface area contributed by atoms with Crippen molar-refractivity contribution in [3.63, 3.8) is 0 Å². The van der Waals surface area contributed by atoms with Crippen LogP contribution >= 0.6 is 0 Å². The van der Waals surface area contributed by atoms with Crippen molar-refractivity contribution in [2.75, 3.05) is 0 Å². The van der Waals surface area contributed by atoms with Gasteiger partial charge in [-0.3, -0.25) is 0 Å². The third kappa shape index (κ3) is 946. The number of hydrogen-bond donors (Lipinski definition) is 0. The second-order valence-corrected chi connectivity index (χ2v) is 0.805. The van der Waals surface area contributed by atoms with Crippen LogP contribution in [0.2, 0.25) is 0 Å². The fourth-order valence-corrected chi connectivity index (χ4v) is 0. The molecule has 0 saturated heterocycles. The summed E-state index contributed by atoms with van der Waals surface area (Å²) >= 11 is 0. The first-order valence-corrected chi connectivity index (χ1v) is 2.57. The normalized spacial score (nSPS) is 3.90. The largest absolute Gasteiger partial charge is 0.193 e. The minimum absolute atomic E-state index is 1.18. The molecule has 0 spiro atoms. The van der Waals surface area contributed by atoms with Crippen LogP contribution in [0.4, 0.5) is 0 Å². The summed E-state index contributed by atoms with van der Waals surface area (Å²) in [6.45, 7) is 15.8. The molecular weight excluding hydrogens is 122 g/mol. The first kappa shape index (κ1) is 15.8.